The molecule has 0 saturated carbocycles. The zero-order valence-corrected chi connectivity index (χ0v) is 17.4. The van der Waals surface area contributed by atoms with E-state index in [4.69, 9.17) is 9.15 Å². The van der Waals surface area contributed by atoms with Crippen molar-refractivity contribution in [1.82, 2.24) is 9.80 Å². The quantitative estimate of drug-likeness (QED) is 0.394. The Morgan fingerprint density at radius 2 is 1.82 bits per heavy atom. The number of rotatable bonds is 8. The van der Waals surface area contributed by atoms with Crippen LogP contribution in [0.3, 0.4) is 0 Å². The molecule has 0 atom stereocenters. The Kier molecular flexibility index (Phi) is 7.29. The van der Waals surface area contributed by atoms with Crippen LogP contribution in [0.15, 0.2) is 45.1 Å². The third kappa shape index (κ3) is 5.46. The second-order valence-corrected chi connectivity index (χ2v) is 7.68. The minimum atomic E-state index is -0.325. The fourth-order valence-corrected chi connectivity index (χ4v) is 3.61. The summed E-state index contributed by atoms with van der Waals surface area (Å²) in [5.74, 6) is 0.815. The van der Waals surface area contributed by atoms with Crippen molar-refractivity contribution >= 4 is 11.0 Å². The van der Waals surface area contributed by atoms with Gasteiger partial charge in [-0.15, -0.1) is 0 Å². The highest BCUT2D eigenvalue weighted by atomic mass is 16.5. The Hall–Kier alpha value is -2.11. The van der Waals surface area contributed by atoms with Gasteiger partial charge >= 0.3 is 5.63 Å². The molecule has 152 valence electrons. The van der Waals surface area contributed by atoms with Crippen LogP contribution in [0, 0.1) is 0 Å². The molecule has 0 aliphatic carbocycles. The van der Waals surface area contributed by atoms with Crippen molar-refractivity contribution in [3.63, 3.8) is 0 Å². The second-order valence-electron chi connectivity index (χ2n) is 7.68. The Balaban J connectivity index is 1.64. The number of likely N-dealkylation sites (N-methyl/N-ethyl adjacent to an activating group) is 1. The lowest BCUT2D eigenvalue weighted by molar-refractivity contribution is 0.130. The van der Waals surface area contributed by atoms with Gasteiger partial charge in [-0.3, -0.25) is 0 Å². The SMILES string of the molecule is CCN1CCN(CCCOc2ccc3ccc(=O)oc3c2CC=C(C)C)CC1. The van der Waals surface area contributed by atoms with E-state index in [1.807, 2.05) is 18.2 Å². The predicted octanol–water partition coefficient (Wildman–Crippen LogP) is 3.71. The number of fused-ring (bicyclic) bond motifs is 1. The van der Waals surface area contributed by atoms with Crippen LogP contribution in [0.2, 0.25) is 0 Å². The maximum absolute atomic E-state index is 11.7. The number of allylic oxidation sites excluding steroid dienone is 2. The van der Waals surface area contributed by atoms with E-state index in [1.54, 1.807) is 0 Å². The molecular weight excluding hydrogens is 352 g/mol. The molecule has 1 aliphatic heterocycles. The molecule has 0 unspecified atom stereocenters. The molecule has 2 heterocycles. The van der Waals surface area contributed by atoms with Gasteiger partial charge in [0.1, 0.15) is 11.3 Å². The van der Waals surface area contributed by atoms with Crippen molar-refractivity contribution in [2.75, 3.05) is 45.9 Å². The molecule has 1 aliphatic rings. The fourth-order valence-electron chi connectivity index (χ4n) is 3.61. The highest BCUT2D eigenvalue weighted by Gasteiger charge is 2.15. The van der Waals surface area contributed by atoms with E-state index in [0.29, 0.717) is 18.6 Å². The maximum atomic E-state index is 11.7. The normalized spacial score (nSPS) is 15.7. The summed E-state index contributed by atoms with van der Waals surface area (Å²) < 4.78 is 11.6. The van der Waals surface area contributed by atoms with Crippen LogP contribution in [0.5, 0.6) is 5.75 Å². The molecule has 3 rings (SSSR count). The molecule has 0 amide bonds. The molecule has 1 aromatic carbocycles. The lowest BCUT2D eigenvalue weighted by atomic mass is 10.1. The van der Waals surface area contributed by atoms with Crippen molar-refractivity contribution in [2.45, 2.75) is 33.6 Å². The predicted molar refractivity (Wildman–Crippen MR) is 114 cm³/mol. The van der Waals surface area contributed by atoms with Gasteiger partial charge in [-0.05, 0) is 51.4 Å². The standard InChI is InChI=1S/C23H32N2O3/c1-4-24-13-15-25(16-14-24)12-5-17-27-21-10-7-19-8-11-22(26)28-23(19)20(21)9-6-18(2)3/h6-8,10-11H,4-5,9,12-17H2,1-3H3. The van der Waals surface area contributed by atoms with Crippen molar-refractivity contribution in [2.24, 2.45) is 0 Å². The largest absolute Gasteiger partial charge is 0.493 e. The highest BCUT2D eigenvalue weighted by Crippen LogP contribution is 2.28. The molecule has 5 nitrogen and oxygen atoms in total. The molecule has 2 aromatic rings. The monoisotopic (exact) mass is 384 g/mol. The second kappa shape index (κ2) is 9.89. The van der Waals surface area contributed by atoms with E-state index in [-0.39, 0.29) is 5.63 Å². The van der Waals surface area contributed by atoms with Crippen LogP contribution in [0.1, 0.15) is 32.8 Å². The summed E-state index contributed by atoms with van der Waals surface area (Å²) in [6.45, 7) is 13.8. The van der Waals surface area contributed by atoms with E-state index < -0.39 is 0 Å². The average Bonchev–Trinajstić information content (AvgIpc) is 2.70. The van der Waals surface area contributed by atoms with Crippen LogP contribution in [-0.4, -0.2) is 55.7 Å². The lowest BCUT2D eigenvalue weighted by Crippen LogP contribution is -2.46. The van der Waals surface area contributed by atoms with Crippen LogP contribution in [-0.2, 0) is 6.42 Å². The topological polar surface area (TPSA) is 45.9 Å². The molecule has 5 heteroatoms. The van der Waals surface area contributed by atoms with E-state index in [1.165, 1.54) is 11.6 Å². The molecule has 1 aromatic heterocycles. The minimum absolute atomic E-state index is 0.325. The molecule has 1 fully saturated rings. The third-order valence-electron chi connectivity index (χ3n) is 5.35. The van der Waals surface area contributed by atoms with Gasteiger partial charge in [0.25, 0.3) is 0 Å². The molecular formula is C23H32N2O3. The number of benzene rings is 1. The molecule has 1 saturated heterocycles. The zero-order valence-electron chi connectivity index (χ0n) is 17.4. The van der Waals surface area contributed by atoms with Gasteiger partial charge < -0.3 is 19.0 Å². The summed E-state index contributed by atoms with van der Waals surface area (Å²) >= 11 is 0. The smallest absolute Gasteiger partial charge is 0.336 e. The van der Waals surface area contributed by atoms with Crippen LogP contribution < -0.4 is 10.4 Å². The number of nitrogens with zero attached hydrogens (tertiary/aromatic N) is 2. The Morgan fingerprint density at radius 1 is 1.11 bits per heavy atom. The summed E-state index contributed by atoms with van der Waals surface area (Å²) in [5.41, 5.74) is 2.49. The van der Waals surface area contributed by atoms with E-state index in [9.17, 15) is 4.79 Å². The zero-order chi connectivity index (χ0) is 19.9. The maximum Gasteiger partial charge on any atom is 0.336 e. The average molecular weight is 385 g/mol. The molecule has 0 spiro atoms. The first-order valence-electron chi connectivity index (χ1n) is 10.3. The number of hydrogen-bond acceptors (Lipinski definition) is 5. The van der Waals surface area contributed by atoms with Crippen LogP contribution in [0.4, 0.5) is 0 Å². The minimum Gasteiger partial charge on any atom is -0.493 e. The molecule has 28 heavy (non-hydrogen) atoms. The van der Waals surface area contributed by atoms with Crippen molar-refractivity contribution in [1.29, 1.82) is 0 Å². The highest BCUT2D eigenvalue weighted by molar-refractivity contribution is 5.82. The van der Waals surface area contributed by atoms with Gasteiger partial charge in [-0.2, -0.15) is 0 Å². The first kappa shape index (κ1) is 20.6. The first-order valence-corrected chi connectivity index (χ1v) is 10.3. The Labute approximate surface area is 167 Å². The summed E-state index contributed by atoms with van der Waals surface area (Å²) in [4.78, 5) is 16.7. The van der Waals surface area contributed by atoms with Crippen molar-refractivity contribution < 1.29 is 9.15 Å². The van der Waals surface area contributed by atoms with Gasteiger partial charge in [-0.1, -0.05) is 18.6 Å². The molecule has 0 N–H and O–H groups in total. The third-order valence-corrected chi connectivity index (χ3v) is 5.35. The van der Waals surface area contributed by atoms with Crippen LogP contribution >= 0.6 is 0 Å². The summed E-state index contributed by atoms with van der Waals surface area (Å²) in [6, 6.07) is 7.23. The lowest BCUT2D eigenvalue weighted by Gasteiger charge is -2.33. The van der Waals surface area contributed by atoms with E-state index in [0.717, 1.165) is 62.4 Å². The summed E-state index contributed by atoms with van der Waals surface area (Å²) in [7, 11) is 0. The van der Waals surface area contributed by atoms with Gasteiger partial charge in [0.15, 0.2) is 0 Å². The summed E-state index contributed by atoms with van der Waals surface area (Å²) in [6.07, 6.45) is 3.83. The van der Waals surface area contributed by atoms with E-state index >= 15 is 0 Å². The summed E-state index contributed by atoms with van der Waals surface area (Å²) in [5, 5.41) is 0.929. The number of piperazine rings is 1. The van der Waals surface area contributed by atoms with Crippen molar-refractivity contribution in [3.8, 4) is 5.75 Å². The van der Waals surface area contributed by atoms with Crippen LogP contribution in [0.25, 0.3) is 11.0 Å². The van der Waals surface area contributed by atoms with Gasteiger partial charge in [0, 0.05) is 49.7 Å². The van der Waals surface area contributed by atoms with Gasteiger partial charge in [-0.25, -0.2) is 4.79 Å². The Bertz CT molecular complexity index is 860. The Morgan fingerprint density at radius 3 is 2.54 bits per heavy atom. The number of hydrogen-bond donors (Lipinski definition) is 0. The first-order chi connectivity index (χ1) is 13.6. The van der Waals surface area contributed by atoms with E-state index in [2.05, 4.69) is 36.6 Å². The fraction of sp³-hybridized carbons (Fsp3) is 0.522. The van der Waals surface area contributed by atoms with Crippen molar-refractivity contribution in [3.05, 3.63) is 51.9 Å². The molecule has 0 bridgehead atoms. The van der Waals surface area contributed by atoms with Gasteiger partial charge in [0.2, 0.25) is 0 Å². The van der Waals surface area contributed by atoms with Gasteiger partial charge in [0.05, 0.1) is 6.61 Å². The molecule has 0 radical (unpaired) electrons. The number of ether oxygens (including phenoxy) is 1.